The highest BCUT2D eigenvalue weighted by molar-refractivity contribution is 6.30. The lowest BCUT2D eigenvalue weighted by molar-refractivity contribution is -0.120. The molecule has 0 unspecified atom stereocenters. The zero-order valence-electron chi connectivity index (χ0n) is 49.4. The number of hydrogen-bond acceptors (Lipinski definition) is 12. The van der Waals surface area contributed by atoms with Gasteiger partial charge in [-0.3, -0.25) is 34.0 Å². The summed E-state index contributed by atoms with van der Waals surface area (Å²) >= 11 is 13.0. The molecule has 0 N–H and O–H groups in total. The van der Waals surface area contributed by atoms with E-state index in [0.717, 1.165) is 22.3 Å². The highest BCUT2D eigenvalue weighted by Crippen LogP contribution is 2.54. The van der Waals surface area contributed by atoms with Gasteiger partial charge in [-0.05, 0) is 124 Å². The minimum Gasteiger partial charge on any atom is -0.493 e. The van der Waals surface area contributed by atoms with E-state index in [9.17, 15) is 19.2 Å². The number of carbonyl (C=O) groups excluding carboxylic acids is 3. The van der Waals surface area contributed by atoms with Crippen LogP contribution in [-0.2, 0) is 43.9 Å². The molecule has 4 aromatic carbocycles. The zero-order valence-corrected chi connectivity index (χ0v) is 50.9. The predicted octanol–water partition coefficient (Wildman–Crippen LogP) is 12.1. The van der Waals surface area contributed by atoms with Gasteiger partial charge in [-0.2, -0.15) is 10.4 Å². The van der Waals surface area contributed by atoms with Crippen molar-refractivity contribution in [3.05, 3.63) is 164 Å². The number of carbonyl (C=O) groups is 3. The molecule has 5 heterocycles. The van der Waals surface area contributed by atoms with Crippen molar-refractivity contribution in [3.63, 3.8) is 0 Å². The van der Waals surface area contributed by atoms with Crippen LogP contribution in [0.5, 0.6) is 11.5 Å². The lowest BCUT2D eigenvalue weighted by Gasteiger charge is -2.47. The fourth-order valence-electron chi connectivity index (χ4n) is 11.4. The Bertz CT molecular complexity index is 3460. The summed E-state index contributed by atoms with van der Waals surface area (Å²) in [7, 11) is 1.63. The summed E-state index contributed by atoms with van der Waals surface area (Å²) in [5, 5.41) is 16.5. The number of pyridine rings is 1. The number of aryl methyl sites for hydroxylation is 2. The zero-order chi connectivity index (χ0) is 60.1. The maximum atomic E-state index is 15.5. The van der Waals surface area contributed by atoms with E-state index in [4.69, 9.17) is 52.2 Å². The fourth-order valence-corrected chi connectivity index (χ4v) is 11.6. The Morgan fingerprint density at radius 1 is 0.857 bits per heavy atom. The molecule has 0 radical (unpaired) electrons. The van der Waals surface area contributed by atoms with Crippen LogP contribution in [0, 0.1) is 24.1 Å². The first-order valence-electron chi connectivity index (χ1n) is 28.7. The first-order chi connectivity index (χ1) is 40.1. The minimum atomic E-state index is -1.04. The lowest BCUT2D eigenvalue weighted by atomic mass is 9.71. The monoisotopic (exact) mass is 1180 g/mol. The third kappa shape index (κ3) is 12.9. The minimum absolute atomic E-state index is 0.0144. The normalized spacial score (nSPS) is 19.2. The molecule has 6 aromatic rings. The summed E-state index contributed by atoms with van der Waals surface area (Å²) in [6.45, 7) is 21.2. The molecule has 442 valence electrons. The van der Waals surface area contributed by atoms with Crippen LogP contribution in [0.2, 0.25) is 10.0 Å². The Morgan fingerprint density at radius 2 is 1.52 bits per heavy atom. The number of amidine groups is 1. The largest absolute Gasteiger partial charge is 0.493 e. The number of piperazine rings is 1. The Kier molecular flexibility index (Phi) is 19.0. The third-order valence-electron chi connectivity index (χ3n) is 16.4. The Balaban J connectivity index is 0.772. The number of Topliss-reactive ketones (excluding diaryl/α,β-unsaturated/α-hetero) is 1. The van der Waals surface area contributed by atoms with Gasteiger partial charge in [0.1, 0.15) is 57.9 Å². The van der Waals surface area contributed by atoms with Gasteiger partial charge in [0.2, 0.25) is 0 Å². The molecule has 84 heavy (non-hydrogen) atoms. The third-order valence-corrected chi connectivity index (χ3v) is 16.9. The van der Waals surface area contributed by atoms with E-state index in [1.165, 1.54) is 23.1 Å². The number of urea groups is 1. The number of amides is 3. The Hall–Kier alpha value is -7.20. The molecule has 19 heteroatoms. The van der Waals surface area contributed by atoms with Gasteiger partial charge < -0.3 is 28.7 Å². The maximum Gasteiger partial charge on any atom is 0.326 e. The van der Waals surface area contributed by atoms with E-state index < -0.39 is 23.0 Å². The SMILES string of the molecule is CCOc1cc(C(C)(C)C)ccc1C1=N[C@](C)(c2ccc(Cl)cc2)[C@](C)(c2ccc(Cl)cc2)N1C(=O)N1CCN(CCOCCOCCC(=O)CCCn2nc3c(c2C#N)-c2cnc(C)c(c2)O[C@H](C)c2cc(F)ccc2C(=O)N(C)C3)CC1. The molecule has 2 aromatic heterocycles. The highest BCUT2D eigenvalue weighted by Gasteiger charge is 2.60. The molecular formula is C65H74Cl2FN9O7. The maximum absolute atomic E-state index is 15.5. The van der Waals surface area contributed by atoms with Crippen LogP contribution in [0.15, 0.2) is 102 Å². The first-order valence-corrected chi connectivity index (χ1v) is 29.5. The number of halogens is 3. The molecule has 0 spiro atoms. The number of aliphatic imine (C=N–C) groups is 1. The molecule has 3 aliphatic rings. The Morgan fingerprint density at radius 3 is 2.19 bits per heavy atom. The van der Waals surface area contributed by atoms with Crippen LogP contribution in [0.25, 0.3) is 11.1 Å². The summed E-state index contributed by atoms with van der Waals surface area (Å²) in [6, 6.07) is 29.5. The van der Waals surface area contributed by atoms with Gasteiger partial charge in [0.25, 0.3) is 5.91 Å². The van der Waals surface area contributed by atoms with Crippen molar-refractivity contribution in [1.82, 2.24) is 34.4 Å². The average Bonchev–Trinajstić information content (AvgIpc) is 2.76. The van der Waals surface area contributed by atoms with Gasteiger partial charge in [0, 0.05) is 97.7 Å². The molecule has 16 nitrogen and oxygen atoms in total. The molecular weight excluding hydrogens is 1110 g/mol. The molecule has 0 aliphatic carbocycles. The van der Waals surface area contributed by atoms with E-state index in [-0.39, 0.29) is 61.4 Å². The molecule has 2 bridgehead atoms. The molecule has 1 fully saturated rings. The second-order valence-electron chi connectivity index (χ2n) is 23.0. The second-order valence-corrected chi connectivity index (χ2v) is 23.9. The van der Waals surface area contributed by atoms with Gasteiger partial charge in [-0.1, -0.05) is 74.3 Å². The summed E-state index contributed by atoms with van der Waals surface area (Å²) < 4.78 is 40.5. The molecule has 1 saturated heterocycles. The van der Waals surface area contributed by atoms with Gasteiger partial charge in [-0.25, -0.2) is 9.18 Å². The van der Waals surface area contributed by atoms with Crippen molar-refractivity contribution in [2.75, 3.05) is 72.8 Å². The number of nitriles is 1. The van der Waals surface area contributed by atoms with Crippen LogP contribution in [0.4, 0.5) is 9.18 Å². The van der Waals surface area contributed by atoms with Crippen molar-refractivity contribution < 1.29 is 37.7 Å². The summed E-state index contributed by atoms with van der Waals surface area (Å²) in [5.74, 6) is 0.778. The van der Waals surface area contributed by atoms with Crippen LogP contribution in [-0.4, -0.2) is 131 Å². The second kappa shape index (κ2) is 26.0. The molecule has 0 saturated carbocycles. The van der Waals surface area contributed by atoms with E-state index in [1.54, 1.807) is 37.8 Å². The first kappa shape index (κ1) is 61.4. The number of nitrogens with zero attached hydrogens (tertiary/aromatic N) is 9. The van der Waals surface area contributed by atoms with Gasteiger partial charge in [0.15, 0.2) is 0 Å². The van der Waals surface area contributed by atoms with Crippen molar-refractivity contribution in [2.45, 2.75) is 110 Å². The van der Waals surface area contributed by atoms with Gasteiger partial charge >= 0.3 is 6.03 Å². The fraction of sp³-hybridized carbons (Fsp3) is 0.431. The van der Waals surface area contributed by atoms with Crippen LogP contribution in [0.3, 0.4) is 0 Å². The van der Waals surface area contributed by atoms with Crippen LogP contribution in [0.1, 0.15) is 129 Å². The number of aromatic nitrogens is 3. The molecule has 9 rings (SSSR count). The van der Waals surface area contributed by atoms with Crippen molar-refractivity contribution in [3.8, 4) is 28.7 Å². The van der Waals surface area contributed by atoms with E-state index in [1.807, 2.05) is 71.3 Å². The topological polar surface area (TPSA) is 168 Å². The van der Waals surface area contributed by atoms with Crippen LogP contribution < -0.4 is 9.47 Å². The van der Waals surface area contributed by atoms with Gasteiger partial charge in [-0.15, -0.1) is 0 Å². The van der Waals surface area contributed by atoms with Crippen molar-refractivity contribution in [2.24, 2.45) is 4.99 Å². The average molecular weight is 1180 g/mol. The number of hydrogen-bond donors (Lipinski definition) is 0. The predicted molar refractivity (Wildman–Crippen MR) is 322 cm³/mol. The quantitative estimate of drug-likeness (QED) is 0.0751. The number of fused-ring (bicyclic) bond motifs is 5. The lowest BCUT2D eigenvalue weighted by Crippen LogP contribution is -2.60. The number of benzene rings is 4. The van der Waals surface area contributed by atoms with E-state index in [2.05, 4.69) is 62.7 Å². The van der Waals surface area contributed by atoms with E-state index in [0.29, 0.717) is 127 Å². The molecule has 3 atom stereocenters. The Labute approximate surface area is 502 Å². The van der Waals surface area contributed by atoms with E-state index >= 15 is 4.79 Å². The smallest absolute Gasteiger partial charge is 0.326 e. The summed E-state index contributed by atoms with van der Waals surface area (Å²) in [5.41, 5.74) is 4.55. The summed E-state index contributed by atoms with van der Waals surface area (Å²) in [4.78, 5) is 60.1. The van der Waals surface area contributed by atoms with Gasteiger partial charge in [0.05, 0.1) is 56.5 Å². The number of ketones is 1. The standard InChI is InChI=1S/C65H74Cl2FN9O7/c1-10-83-58-37-47(63(4,5)6)17-23-53(58)60-71-64(7,45-13-18-48(66)19-14-45)65(8,46-15-20-49(67)21-16-46)77(60)62(80)75-29-27-74(28-30-75)31-33-82-35-34-81-32-25-51(78)12-11-26-76-56(39-69)59-44-36-57(42(2)70-40-44)84-43(3)54-38-50(68)22-24-52(54)61(79)73(9)41-55(59)72-76/h13-24,36-38,40,43H,10-12,25-35,41H2,1-9H3/t43-,64-,65+/m1/s1. The van der Waals surface area contributed by atoms with Crippen LogP contribution >= 0.6 is 23.2 Å². The molecule has 3 amide bonds. The molecule has 3 aliphatic heterocycles. The van der Waals surface area contributed by atoms with Crippen molar-refractivity contribution >= 4 is 46.8 Å². The summed E-state index contributed by atoms with van der Waals surface area (Å²) in [6.07, 6.45) is 1.86. The highest BCUT2D eigenvalue weighted by atomic mass is 35.5. The number of rotatable bonds is 18. The van der Waals surface area contributed by atoms with Crippen molar-refractivity contribution in [1.29, 1.82) is 5.26 Å². The number of ether oxygens (including phenoxy) is 4.